The van der Waals surface area contributed by atoms with Crippen molar-refractivity contribution in [2.75, 3.05) is 0 Å². The molecule has 0 aliphatic carbocycles. The zero-order chi connectivity index (χ0) is 0. The van der Waals surface area contributed by atoms with Crippen LogP contribution in [0.2, 0.25) is 0 Å². The predicted molar refractivity (Wildman–Crippen MR) is 2.06 cm³/mol. The minimum atomic E-state index is 0. The molecular formula is Cr2Mn2O3. The molecule has 0 bridgehead atoms. The molecule has 0 N–H and O–H groups in total. The summed E-state index contributed by atoms with van der Waals surface area (Å²) < 4.78 is 0. The second-order valence-electron chi connectivity index (χ2n) is 0. The summed E-state index contributed by atoms with van der Waals surface area (Å²) in [5.41, 5.74) is 0. The summed E-state index contributed by atoms with van der Waals surface area (Å²) in [6.45, 7) is 0. The van der Waals surface area contributed by atoms with E-state index in [1.807, 2.05) is 0 Å². The van der Waals surface area contributed by atoms with Gasteiger partial charge in [-0.15, -0.1) is 0 Å². The van der Waals surface area contributed by atoms with Crippen LogP contribution in [0.15, 0.2) is 0 Å². The van der Waals surface area contributed by atoms with Gasteiger partial charge in [0.05, 0.1) is 0 Å². The maximum Gasteiger partial charge on any atom is 3.00 e. The molecule has 0 aliphatic heterocycles. The van der Waals surface area contributed by atoms with Crippen molar-refractivity contribution < 1.29 is 85.3 Å². The van der Waals surface area contributed by atoms with Crippen LogP contribution in [-0.4, -0.2) is 0 Å². The third kappa shape index (κ3) is 72.6. The molecule has 4 radical (unpaired) electrons. The molecule has 0 heterocycles. The van der Waals surface area contributed by atoms with E-state index in [-0.39, 0.29) is 85.3 Å². The Balaban J connectivity index is 0. The second-order valence-corrected chi connectivity index (χ2v) is 0. The molecule has 0 fully saturated rings. The molecule has 0 aromatic rings. The maximum atomic E-state index is 0. The third-order valence-electron chi connectivity index (χ3n) is 0. The molecule has 0 atom stereocenters. The average Bonchev–Trinajstić information content (AvgIpc) is 0. The van der Waals surface area contributed by atoms with Crippen molar-refractivity contribution in [3.8, 4) is 0 Å². The molecule has 0 aromatic heterocycles. The molecular weight excluding hydrogens is 262 g/mol. The first-order chi connectivity index (χ1) is 0. The summed E-state index contributed by atoms with van der Waals surface area (Å²) in [4.78, 5) is 0. The molecule has 0 aromatic carbocycles. The molecule has 0 saturated heterocycles. The smallest absolute Gasteiger partial charge is 2.00 e. The maximum absolute atomic E-state index is 0. The monoisotopic (exact) mass is 262 g/mol. The van der Waals surface area contributed by atoms with E-state index >= 15 is 0 Å². The zero-order valence-corrected chi connectivity index (χ0v) is 7.71. The second kappa shape index (κ2) is 98.9. The van der Waals surface area contributed by atoms with Gasteiger partial charge in [-0.25, -0.2) is 0 Å². The topological polar surface area (TPSA) is 85.5 Å². The van der Waals surface area contributed by atoms with E-state index in [1.54, 1.807) is 0 Å². The van der Waals surface area contributed by atoms with Crippen molar-refractivity contribution >= 4 is 0 Å². The first kappa shape index (κ1) is 145. The van der Waals surface area contributed by atoms with Gasteiger partial charge in [0, 0.05) is 34.1 Å². The molecule has 7 heteroatoms. The number of hydrogen-bond donors (Lipinski definition) is 0. The summed E-state index contributed by atoms with van der Waals surface area (Å²) >= 11 is 0. The minimum absolute atomic E-state index is 0. The number of hydrogen-bond acceptors (Lipinski definition) is 0. The summed E-state index contributed by atoms with van der Waals surface area (Å²) in [6.07, 6.45) is 0. The minimum Gasteiger partial charge on any atom is -2.00 e. The van der Waals surface area contributed by atoms with Crippen molar-refractivity contribution in [1.82, 2.24) is 0 Å². The van der Waals surface area contributed by atoms with Crippen molar-refractivity contribution in [3.05, 3.63) is 0 Å². The van der Waals surface area contributed by atoms with Crippen LogP contribution in [0, 0.1) is 0 Å². The van der Waals surface area contributed by atoms with Gasteiger partial charge in [0.15, 0.2) is 0 Å². The van der Waals surface area contributed by atoms with Gasteiger partial charge in [0.25, 0.3) is 0 Å². The van der Waals surface area contributed by atoms with Crippen molar-refractivity contribution in [1.29, 1.82) is 0 Å². The Morgan fingerprint density at radius 3 is 0.429 bits per heavy atom. The SMILES string of the molecule is [Cr+3].[Cr+3].[Mn].[Mn].[O-2].[O-2].[O-2]. The summed E-state index contributed by atoms with van der Waals surface area (Å²) in [6, 6.07) is 0. The number of rotatable bonds is 0. The van der Waals surface area contributed by atoms with E-state index in [0.717, 1.165) is 0 Å². The first-order valence-corrected chi connectivity index (χ1v) is 0. The predicted octanol–water partition coefficient (Wildman–Crippen LogP) is -0.366. The van der Waals surface area contributed by atoms with Crippen LogP contribution in [0.5, 0.6) is 0 Å². The molecule has 0 amide bonds. The Morgan fingerprint density at radius 1 is 0.429 bits per heavy atom. The van der Waals surface area contributed by atoms with E-state index in [9.17, 15) is 0 Å². The average molecular weight is 262 g/mol. The van der Waals surface area contributed by atoms with Crippen LogP contribution >= 0.6 is 0 Å². The van der Waals surface area contributed by atoms with Crippen molar-refractivity contribution in [2.24, 2.45) is 0 Å². The van der Waals surface area contributed by atoms with Gasteiger partial charge in [-0.05, 0) is 0 Å². The van der Waals surface area contributed by atoms with Crippen LogP contribution in [0.4, 0.5) is 0 Å². The Kier molecular flexibility index (Phi) is 2060. The van der Waals surface area contributed by atoms with Gasteiger partial charge >= 0.3 is 34.7 Å². The molecule has 44 valence electrons. The van der Waals surface area contributed by atoms with Crippen LogP contribution in [0.1, 0.15) is 0 Å². The summed E-state index contributed by atoms with van der Waals surface area (Å²) in [7, 11) is 0. The summed E-state index contributed by atoms with van der Waals surface area (Å²) in [5, 5.41) is 0. The van der Waals surface area contributed by atoms with Crippen LogP contribution < -0.4 is 0 Å². The fourth-order valence-corrected chi connectivity index (χ4v) is 0. The zero-order valence-electron chi connectivity index (χ0n) is 2.80. The molecule has 0 spiro atoms. The Labute approximate surface area is 84.7 Å². The molecule has 0 saturated carbocycles. The normalized spacial score (nSPS) is 0. The molecule has 0 unspecified atom stereocenters. The Morgan fingerprint density at radius 2 is 0.429 bits per heavy atom. The van der Waals surface area contributed by atoms with Gasteiger partial charge in [0.1, 0.15) is 0 Å². The third-order valence-corrected chi connectivity index (χ3v) is 0. The van der Waals surface area contributed by atoms with Gasteiger partial charge in [-0.1, -0.05) is 0 Å². The first-order valence-electron chi connectivity index (χ1n) is 0. The van der Waals surface area contributed by atoms with Gasteiger partial charge in [-0.2, -0.15) is 0 Å². The van der Waals surface area contributed by atoms with E-state index in [4.69, 9.17) is 0 Å². The van der Waals surface area contributed by atoms with Crippen molar-refractivity contribution in [2.45, 2.75) is 0 Å². The van der Waals surface area contributed by atoms with Crippen molar-refractivity contribution in [3.63, 3.8) is 0 Å². The van der Waals surface area contributed by atoms with Gasteiger partial charge < -0.3 is 16.4 Å². The van der Waals surface area contributed by atoms with Gasteiger partial charge in [0.2, 0.25) is 0 Å². The van der Waals surface area contributed by atoms with E-state index in [2.05, 4.69) is 0 Å². The molecule has 7 heavy (non-hydrogen) atoms. The fourth-order valence-electron chi connectivity index (χ4n) is 0. The molecule has 3 nitrogen and oxygen atoms in total. The standard InChI is InChI=1S/2Cr.2Mn.3O/q2*+3;;;3*-2. The summed E-state index contributed by atoms with van der Waals surface area (Å²) in [5.74, 6) is 0. The van der Waals surface area contributed by atoms with E-state index in [0.29, 0.717) is 0 Å². The Hall–Kier alpha value is 1.98. The molecule has 0 aliphatic rings. The largest absolute Gasteiger partial charge is 3.00 e. The van der Waals surface area contributed by atoms with Gasteiger partial charge in [-0.3, -0.25) is 0 Å². The van der Waals surface area contributed by atoms with E-state index < -0.39 is 0 Å². The Bertz CT molecular complexity index is 10.9. The fraction of sp³-hybridized carbons (Fsp3) is 0. The van der Waals surface area contributed by atoms with E-state index in [1.165, 1.54) is 0 Å². The van der Waals surface area contributed by atoms with Crippen LogP contribution in [0.3, 0.4) is 0 Å². The van der Waals surface area contributed by atoms with Crippen LogP contribution in [0.25, 0.3) is 0 Å². The quantitative estimate of drug-likeness (QED) is 0.533. The molecule has 0 rings (SSSR count). The van der Waals surface area contributed by atoms with Crippen LogP contribution in [-0.2, 0) is 85.3 Å².